The van der Waals surface area contributed by atoms with E-state index in [-0.39, 0.29) is 0 Å². The van der Waals surface area contributed by atoms with Crippen LogP contribution in [0.25, 0.3) is 21.3 Å². The molecular formula is C22H25F2N3O3S. The monoisotopic (exact) mass is 449 g/mol. The topological polar surface area (TPSA) is 77.2 Å². The molecule has 3 aromatic rings. The lowest BCUT2D eigenvalue weighted by Gasteiger charge is -2.27. The molecule has 0 unspecified atom stereocenters. The highest BCUT2D eigenvalue weighted by molar-refractivity contribution is 7.19. The molecule has 3 heterocycles. The van der Waals surface area contributed by atoms with E-state index in [1.807, 2.05) is 0 Å². The van der Waals surface area contributed by atoms with Gasteiger partial charge in [0.2, 0.25) is 0 Å². The number of aromatic nitrogens is 3. The van der Waals surface area contributed by atoms with Crippen LogP contribution < -0.4 is 0 Å². The Morgan fingerprint density at radius 2 is 2.00 bits per heavy atom. The fourth-order valence-corrected chi connectivity index (χ4v) is 5.51. The van der Waals surface area contributed by atoms with Crippen molar-refractivity contribution in [2.45, 2.75) is 71.6 Å². The van der Waals surface area contributed by atoms with Gasteiger partial charge in [-0.05, 0) is 58.9 Å². The van der Waals surface area contributed by atoms with Gasteiger partial charge in [-0.3, -0.25) is 0 Å². The summed E-state index contributed by atoms with van der Waals surface area (Å²) in [6, 6.07) is 0. The van der Waals surface area contributed by atoms with Crippen molar-refractivity contribution in [3.8, 4) is 11.1 Å². The van der Waals surface area contributed by atoms with Crippen LogP contribution >= 0.6 is 11.3 Å². The minimum Gasteiger partial charge on any atom is -0.479 e. The Morgan fingerprint density at radius 1 is 1.29 bits per heavy atom. The van der Waals surface area contributed by atoms with Gasteiger partial charge >= 0.3 is 12.5 Å². The molecule has 4 rings (SSSR count). The third-order valence-electron chi connectivity index (χ3n) is 5.38. The fraction of sp³-hybridized carbons (Fsp3) is 0.500. The van der Waals surface area contributed by atoms with Gasteiger partial charge in [0.05, 0.1) is 11.8 Å². The first-order valence-electron chi connectivity index (χ1n) is 10.2. The number of rotatable bonds is 5. The van der Waals surface area contributed by atoms with Crippen molar-refractivity contribution in [2.75, 3.05) is 0 Å². The number of nitrogens with zero attached hydrogens (tertiary/aromatic N) is 3. The number of hydrogen-bond donors (Lipinski definition) is 1. The summed E-state index contributed by atoms with van der Waals surface area (Å²) in [6.45, 7) is 4.31. The summed E-state index contributed by atoms with van der Waals surface area (Å²) in [5.74, 6) is -1.15. The Balaban J connectivity index is 2.06. The second kappa shape index (κ2) is 7.94. The van der Waals surface area contributed by atoms with Crippen LogP contribution in [0.15, 0.2) is 12.4 Å². The zero-order valence-corrected chi connectivity index (χ0v) is 18.7. The van der Waals surface area contributed by atoms with Gasteiger partial charge in [-0.2, -0.15) is 13.9 Å². The van der Waals surface area contributed by atoms with Gasteiger partial charge in [0, 0.05) is 38.8 Å². The molecular weight excluding hydrogens is 424 g/mol. The summed E-state index contributed by atoms with van der Waals surface area (Å²) in [5.41, 5.74) is 2.35. The van der Waals surface area contributed by atoms with Crippen LogP contribution in [0.4, 0.5) is 8.78 Å². The van der Waals surface area contributed by atoms with Crippen LogP contribution in [-0.4, -0.2) is 31.4 Å². The molecule has 0 radical (unpaired) electrons. The van der Waals surface area contributed by atoms with Crippen molar-refractivity contribution in [1.29, 1.82) is 0 Å². The van der Waals surface area contributed by atoms with E-state index in [9.17, 15) is 18.7 Å². The number of aryl methyl sites for hydroxylation is 3. The number of pyridine rings is 1. The van der Waals surface area contributed by atoms with Gasteiger partial charge in [0.1, 0.15) is 4.83 Å². The van der Waals surface area contributed by atoms with E-state index in [1.165, 1.54) is 17.3 Å². The van der Waals surface area contributed by atoms with E-state index in [4.69, 9.17) is 9.72 Å². The molecule has 0 bridgehead atoms. The lowest BCUT2D eigenvalue weighted by Crippen LogP contribution is -2.28. The number of aliphatic carboxylic acids is 1. The van der Waals surface area contributed by atoms with Crippen molar-refractivity contribution in [3.63, 3.8) is 0 Å². The van der Waals surface area contributed by atoms with Gasteiger partial charge in [0.15, 0.2) is 6.10 Å². The lowest BCUT2D eigenvalue weighted by atomic mass is 9.89. The summed E-state index contributed by atoms with van der Waals surface area (Å²) < 4.78 is 33.1. The highest BCUT2D eigenvalue weighted by Crippen LogP contribution is 2.45. The lowest BCUT2D eigenvalue weighted by molar-refractivity contribution is -0.160. The molecule has 0 saturated heterocycles. The first kappa shape index (κ1) is 21.8. The van der Waals surface area contributed by atoms with Crippen LogP contribution in [0.1, 0.15) is 68.0 Å². The molecule has 9 heteroatoms. The van der Waals surface area contributed by atoms with E-state index in [1.54, 1.807) is 39.0 Å². The first-order valence-corrected chi connectivity index (χ1v) is 11.1. The minimum absolute atomic E-state index is 0.398. The molecule has 6 nitrogen and oxygen atoms in total. The standard InChI is InChI=1S/C22H25F2N3O3S/c1-11-15(18(20(28)29)30-22(2,3)4)16(12-9-25-27(10-12)21(23)24)17-13-7-5-6-8-14(13)31-19(17)26-11/h9-10,18,21H,5-8H2,1-4H3,(H,28,29)/t18-/m0/s1. The molecule has 1 aliphatic rings. The SMILES string of the molecule is Cc1nc2sc3c(c2c(-c2cnn(C(F)F)c2)c1[C@H](OC(C)(C)C)C(=O)O)CCCC3. The number of carbonyl (C=O) groups is 1. The molecule has 0 fully saturated rings. The Bertz CT molecular complexity index is 1150. The molecule has 3 aromatic heterocycles. The first-order chi connectivity index (χ1) is 14.6. The zero-order valence-electron chi connectivity index (χ0n) is 17.9. The summed E-state index contributed by atoms with van der Waals surface area (Å²) in [5, 5.41) is 14.7. The van der Waals surface area contributed by atoms with Gasteiger partial charge < -0.3 is 9.84 Å². The Morgan fingerprint density at radius 3 is 2.61 bits per heavy atom. The van der Waals surface area contributed by atoms with Crippen LogP contribution in [0, 0.1) is 6.92 Å². The average molecular weight is 450 g/mol. The maximum absolute atomic E-state index is 13.3. The Kier molecular flexibility index (Phi) is 5.59. The number of alkyl halides is 2. The molecule has 1 aliphatic carbocycles. The third-order valence-corrected chi connectivity index (χ3v) is 6.56. The summed E-state index contributed by atoms with van der Waals surface area (Å²) >= 11 is 1.60. The molecule has 166 valence electrons. The molecule has 31 heavy (non-hydrogen) atoms. The van der Waals surface area contributed by atoms with Crippen molar-refractivity contribution in [2.24, 2.45) is 0 Å². The maximum Gasteiger partial charge on any atom is 0.337 e. The van der Waals surface area contributed by atoms with Crippen LogP contribution in [0.5, 0.6) is 0 Å². The molecule has 1 atom stereocenters. The predicted octanol–water partition coefficient (Wildman–Crippen LogP) is 5.68. The smallest absolute Gasteiger partial charge is 0.337 e. The molecule has 0 aliphatic heterocycles. The molecule has 0 saturated carbocycles. The number of halogens is 2. The second-order valence-corrected chi connectivity index (χ2v) is 9.90. The Hall–Kier alpha value is -2.39. The largest absolute Gasteiger partial charge is 0.479 e. The second-order valence-electron chi connectivity index (χ2n) is 8.81. The number of ether oxygens (including phenoxy) is 1. The molecule has 0 amide bonds. The summed E-state index contributed by atoms with van der Waals surface area (Å²) in [7, 11) is 0. The highest BCUT2D eigenvalue weighted by Gasteiger charge is 2.34. The molecule has 0 spiro atoms. The number of thiophene rings is 1. The van der Waals surface area contributed by atoms with E-state index in [0.717, 1.165) is 41.5 Å². The van der Waals surface area contributed by atoms with Gasteiger partial charge in [-0.15, -0.1) is 11.3 Å². The van der Waals surface area contributed by atoms with E-state index >= 15 is 0 Å². The third kappa shape index (κ3) is 4.08. The van der Waals surface area contributed by atoms with E-state index in [0.29, 0.717) is 27.1 Å². The number of hydrogen-bond acceptors (Lipinski definition) is 5. The fourth-order valence-electron chi connectivity index (χ4n) is 4.20. The van der Waals surface area contributed by atoms with Crippen LogP contribution in [0.2, 0.25) is 0 Å². The van der Waals surface area contributed by atoms with Crippen LogP contribution in [-0.2, 0) is 22.4 Å². The average Bonchev–Trinajstić information content (AvgIpc) is 3.29. The normalized spacial score (nSPS) is 15.5. The quantitative estimate of drug-likeness (QED) is 0.542. The van der Waals surface area contributed by atoms with Gasteiger partial charge in [-0.1, -0.05) is 0 Å². The summed E-state index contributed by atoms with van der Waals surface area (Å²) in [4.78, 5) is 19.1. The zero-order chi connectivity index (χ0) is 22.5. The molecule has 1 N–H and O–H groups in total. The minimum atomic E-state index is -2.78. The Labute approximate surface area is 182 Å². The highest BCUT2D eigenvalue weighted by atomic mass is 32.1. The molecule has 0 aromatic carbocycles. The summed E-state index contributed by atoms with van der Waals surface area (Å²) in [6.07, 6.45) is 5.27. The number of carboxylic acid groups (broad SMARTS) is 1. The van der Waals surface area contributed by atoms with Crippen molar-refractivity contribution < 1.29 is 23.4 Å². The van der Waals surface area contributed by atoms with Crippen LogP contribution in [0.3, 0.4) is 0 Å². The van der Waals surface area contributed by atoms with Gasteiger partial charge in [0.25, 0.3) is 0 Å². The van der Waals surface area contributed by atoms with E-state index in [2.05, 4.69) is 5.10 Å². The number of carboxylic acids is 1. The van der Waals surface area contributed by atoms with Gasteiger partial charge in [-0.25, -0.2) is 14.5 Å². The van der Waals surface area contributed by atoms with Crippen molar-refractivity contribution in [3.05, 3.63) is 34.1 Å². The predicted molar refractivity (Wildman–Crippen MR) is 115 cm³/mol. The van der Waals surface area contributed by atoms with Crippen molar-refractivity contribution in [1.82, 2.24) is 14.8 Å². The van der Waals surface area contributed by atoms with Crippen molar-refractivity contribution >= 4 is 27.5 Å². The van der Waals surface area contributed by atoms with E-state index < -0.39 is 24.2 Å². The number of fused-ring (bicyclic) bond motifs is 3. The maximum atomic E-state index is 13.3.